The number of benzene rings is 2. The van der Waals surface area contributed by atoms with Gasteiger partial charge in [0.25, 0.3) is 0 Å². The molecular formula is C16H17NO. The fraction of sp³-hybridized carbons (Fsp3) is 0.250. The molecule has 1 unspecified atom stereocenters. The molecule has 2 heteroatoms. The van der Waals surface area contributed by atoms with Crippen LogP contribution >= 0.6 is 0 Å². The van der Waals surface area contributed by atoms with Gasteiger partial charge in [-0.05, 0) is 34.9 Å². The van der Waals surface area contributed by atoms with Crippen LogP contribution in [-0.2, 0) is 6.42 Å². The van der Waals surface area contributed by atoms with Crippen LogP contribution in [-0.4, -0.2) is 12.8 Å². The summed E-state index contributed by atoms with van der Waals surface area (Å²) in [6.45, 7) is 4.50. The predicted molar refractivity (Wildman–Crippen MR) is 74.9 cm³/mol. The minimum Gasteiger partial charge on any atom is -0.475 e. The molecule has 0 radical (unpaired) electrons. The SMILES string of the molecule is C=CCNC1CCc2cc3ccccc3cc2O1. The number of fused-ring (bicyclic) bond motifs is 2. The van der Waals surface area contributed by atoms with Gasteiger partial charge in [0.05, 0.1) is 0 Å². The molecule has 3 rings (SSSR count). The van der Waals surface area contributed by atoms with Crippen LogP contribution in [0.4, 0.5) is 0 Å². The lowest BCUT2D eigenvalue weighted by molar-refractivity contribution is 0.143. The summed E-state index contributed by atoms with van der Waals surface area (Å²) in [6.07, 6.45) is 4.05. The molecule has 1 atom stereocenters. The fourth-order valence-electron chi connectivity index (χ4n) is 2.43. The van der Waals surface area contributed by atoms with Gasteiger partial charge in [-0.25, -0.2) is 0 Å². The molecule has 1 aliphatic heterocycles. The number of hydrogen-bond acceptors (Lipinski definition) is 2. The summed E-state index contributed by atoms with van der Waals surface area (Å²) in [5.41, 5.74) is 1.31. The first kappa shape index (κ1) is 11.3. The van der Waals surface area contributed by atoms with E-state index < -0.39 is 0 Å². The summed E-state index contributed by atoms with van der Waals surface area (Å²) in [5, 5.41) is 5.85. The molecule has 0 aliphatic carbocycles. The normalized spacial score (nSPS) is 18.1. The molecule has 0 saturated heterocycles. The first-order valence-electron chi connectivity index (χ1n) is 6.39. The average molecular weight is 239 g/mol. The quantitative estimate of drug-likeness (QED) is 0.830. The Hall–Kier alpha value is -1.80. The van der Waals surface area contributed by atoms with Crippen molar-refractivity contribution in [2.45, 2.75) is 19.1 Å². The van der Waals surface area contributed by atoms with E-state index in [1.54, 1.807) is 0 Å². The van der Waals surface area contributed by atoms with E-state index in [1.807, 2.05) is 6.08 Å². The number of aryl methyl sites for hydroxylation is 1. The average Bonchev–Trinajstić information content (AvgIpc) is 2.42. The van der Waals surface area contributed by atoms with Crippen molar-refractivity contribution in [3.8, 4) is 5.75 Å². The van der Waals surface area contributed by atoms with E-state index in [2.05, 4.69) is 48.3 Å². The third kappa shape index (κ3) is 2.12. The van der Waals surface area contributed by atoms with Gasteiger partial charge < -0.3 is 4.74 Å². The predicted octanol–water partition coefficient (Wildman–Crippen LogP) is 3.27. The van der Waals surface area contributed by atoms with E-state index in [4.69, 9.17) is 4.74 Å². The summed E-state index contributed by atoms with van der Waals surface area (Å²) in [4.78, 5) is 0. The van der Waals surface area contributed by atoms with Crippen molar-refractivity contribution in [2.24, 2.45) is 0 Å². The molecule has 0 saturated carbocycles. The topological polar surface area (TPSA) is 21.3 Å². The van der Waals surface area contributed by atoms with E-state index in [-0.39, 0.29) is 6.23 Å². The van der Waals surface area contributed by atoms with E-state index in [0.717, 1.165) is 25.1 Å². The summed E-state index contributed by atoms with van der Waals surface area (Å²) in [6, 6.07) is 12.8. The molecule has 18 heavy (non-hydrogen) atoms. The monoisotopic (exact) mass is 239 g/mol. The Morgan fingerprint density at radius 1 is 1.28 bits per heavy atom. The van der Waals surface area contributed by atoms with Crippen LogP contribution in [0.15, 0.2) is 49.1 Å². The summed E-state index contributed by atoms with van der Waals surface area (Å²) < 4.78 is 5.98. The Bertz CT molecular complexity index is 576. The second-order valence-corrected chi connectivity index (χ2v) is 4.65. The summed E-state index contributed by atoms with van der Waals surface area (Å²) >= 11 is 0. The maximum Gasteiger partial charge on any atom is 0.150 e. The Kier molecular flexibility index (Phi) is 3.03. The van der Waals surface area contributed by atoms with Crippen molar-refractivity contribution in [1.82, 2.24) is 5.32 Å². The van der Waals surface area contributed by atoms with Crippen LogP contribution < -0.4 is 10.1 Å². The van der Waals surface area contributed by atoms with Gasteiger partial charge in [-0.1, -0.05) is 30.3 Å². The molecule has 0 aromatic heterocycles. The molecule has 2 aromatic carbocycles. The number of rotatable bonds is 3. The first-order valence-corrected chi connectivity index (χ1v) is 6.39. The van der Waals surface area contributed by atoms with Gasteiger partial charge in [0, 0.05) is 13.0 Å². The fourth-order valence-corrected chi connectivity index (χ4v) is 2.43. The highest BCUT2D eigenvalue weighted by Gasteiger charge is 2.19. The maximum atomic E-state index is 5.98. The zero-order valence-electron chi connectivity index (χ0n) is 10.4. The third-order valence-corrected chi connectivity index (χ3v) is 3.36. The molecule has 0 fully saturated rings. The molecule has 0 spiro atoms. The standard InChI is InChI=1S/C16H17NO/c1-2-9-17-16-8-7-14-10-12-5-3-4-6-13(12)11-15(14)18-16/h2-6,10-11,16-17H,1,7-9H2. The molecule has 92 valence electrons. The largest absolute Gasteiger partial charge is 0.475 e. The van der Waals surface area contributed by atoms with Crippen molar-refractivity contribution in [3.63, 3.8) is 0 Å². The smallest absolute Gasteiger partial charge is 0.150 e. The molecule has 1 aliphatic rings. The Morgan fingerprint density at radius 3 is 2.83 bits per heavy atom. The summed E-state index contributed by atoms with van der Waals surface area (Å²) in [5.74, 6) is 1.02. The lowest BCUT2D eigenvalue weighted by Gasteiger charge is -2.27. The van der Waals surface area contributed by atoms with Crippen molar-refractivity contribution in [3.05, 3.63) is 54.6 Å². The van der Waals surface area contributed by atoms with Gasteiger partial charge in [0.1, 0.15) is 5.75 Å². The minimum atomic E-state index is 0.108. The number of ether oxygens (including phenoxy) is 1. The number of nitrogens with one attached hydrogen (secondary N) is 1. The lowest BCUT2D eigenvalue weighted by atomic mass is 10.0. The molecular weight excluding hydrogens is 222 g/mol. The van der Waals surface area contributed by atoms with Crippen LogP contribution in [0.25, 0.3) is 10.8 Å². The Balaban J connectivity index is 1.90. The molecule has 0 bridgehead atoms. The maximum absolute atomic E-state index is 5.98. The Morgan fingerprint density at radius 2 is 2.06 bits per heavy atom. The van der Waals surface area contributed by atoms with Gasteiger partial charge >= 0.3 is 0 Å². The van der Waals surface area contributed by atoms with Gasteiger partial charge in [-0.3, -0.25) is 5.32 Å². The van der Waals surface area contributed by atoms with Gasteiger partial charge in [0.15, 0.2) is 6.23 Å². The van der Waals surface area contributed by atoms with E-state index >= 15 is 0 Å². The second kappa shape index (κ2) is 4.83. The van der Waals surface area contributed by atoms with E-state index in [0.29, 0.717) is 0 Å². The zero-order valence-corrected chi connectivity index (χ0v) is 10.4. The van der Waals surface area contributed by atoms with Crippen LogP contribution in [0.3, 0.4) is 0 Å². The van der Waals surface area contributed by atoms with Crippen LogP contribution in [0.2, 0.25) is 0 Å². The highest BCUT2D eigenvalue weighted by atomic mass is 16.5. The molecule has 2 nitrogen and oxygen atoms in total. The van der Waals surface area contributed by atoms with Crippen molar-refractivity contribution in [2.75, 3.05) is 6.54 Å². The van der Waals surface area contributed by atoms with Crippen LogP contribution in [0.1, 0.15) is 12.0 Å². The van der Waals surface area contributed by atoms with Crippen LogP contribution in [0.5, 0.6) is 5.75 Å². The van der Waals surface area contributed by atoms with Crippen LogP contribution in [0, 0.1) is 0 Å². The van der Waals surface area contributed by atoms with E-state index in [1.165, 1.54) is 16.3 Å². The molecule has 2 aromatic rings. The third-order valence-electron chi connectivity index (χ3n) is 3.36. The molecule has 1 N–H and O–H groups in total. The molecule has 1 heterocycles. The van der Waals surface area contributed by atoms with Gasteiger partial charge in [-0.2, -0.15) is 0 Å². The van der Waals surface area contributed by atoms with Gasteiger partial charge in [0.2, 0.25) is 0 Å². The highest BCUT2D eigenvalue weighted by Crippen LogP contribution is 2.31. The van der Waals surface area contributed by atoms with Gasteiger partial charge in [-0.15, -0.1) is 6.58 Å². The number of hydrogen-bond donors (Lipinski definition) is 1. The summed E-state index contributed by atoms with van der Waals surface area (Å²) in [7, 11) is 0. The van der Waals surface area contributed by atoms with Crippen molar-refractivity contribution >= 4 is 10.8 Å². The first-order chi connectivity index (χ1) is 8.86. The Labute approximate surface area is 107 Å². The van der Waals surface area contributed by atoms with E-state index in [9.17, 15) is 0 Å². The second-order valence-electron chi connectivity index (χ2n) is 4.65. The lowest BCUT2D eigenvalue weighted by Crippen LogP contribution is -2.37. The van der Waals surface area contributed by atoms with Crippen molar-refractivity contribution < 1.29 is 4.74 Å². The zero-order chi connectivity index (χ0) is 12.4. The van der Waals surface area contributed by atoms with Crippen molar-refractivity contribution in [1.29, 1.82) is 0 Å². The minimum absolute atomic E-state index is 0.108. The highest BCUT2D eigenvalue weighted by molar-refractivity contribution is 5.85. The molecule has 0 amide bonds.